The number of amides is 5. The molecule has 2 fully saturated rings. The molecular weight excluding hydrogens is 458 g/mol. The summed E-state index contributed by atoms with van der Waals surface area (Å²) in [5, 5.41) is -0.768. The van der Waals surface area contributed by atoms with E-state index < -0.39 is 11.2 Å². The van der Waals surface area contributed by atoms with Crippen LogP contribution in [0.5, 0.6) is 0 Å². The highest BCUT2D eigenvalue weighted by atomic mass is 32.2. The van der Waals surface area contributed by atoms with Crippen LogP contribution < -0.4 is 5.73 Å². The van der Waals surface area contributed by atoms with Crippen molar-refractivity contribution in [1.82, 2.24) is 9.80 Å². The van der Waals surface area contributed by atoms with E-state index in [1.807, 2.05) is 6.92 Å². The molecule has 0 bridgehead atoms. The Hall–Kier alpha value is -1.63. The van der Waals surface area contributed by atoms with Gasteiger partial charge in [0.2, 0.25) is 29.5 Å². The number of nitrogens with zero attached hydrogens (tertiary/aromatic N) is 2. The van der Waals surface area contributed by atoms with Crippen LogP contribution in [0.4, 0.5) is 0 Å². The van der Waals surface area contributed by atoms with Crippen LogP contribution in [0, 0.1) is 5.92 Å². The predicted octanol–water partition coefficient (Wildman–Crippen LogP) is -0.118. The van der Waals surface area contributed by atoms with Gasteiger partial charge in [-0.25, -0.2) is 0 Å². The van der Waals surface area contributed by atoms with Crippen LogP contribution >= 0.6 is 23.5 Å². The number of carbonyl (C=O) groups excluding carboxylic acids is 5. The van der Waals surface area contributed by atoms with Gasteiger partial charge in [-0.2, -0.15) is 0 Å². The van der Waals surface area contributed by atoms with Crippen molar-refractivity contribution in [1.29, 1.82) is 0 Å². The van der Waals surface area contributed by atoms with Gasteiger partial charge >= 0.3 is 0 Å². The van der Waals surface area contributed by atoms with Gasteiger partial charge in [-0.1, -0.05) is 13.8 Å². The summed E-state index contributed by atoms with van der Waals surface area (Å²) < 4.78 is 10.9. The number of nitrogens with two attached hydrogens (primary N) is 1. The third-order valence-electron chi connectivity index (χ3n) is 5.10. The maximum absolute atomic E-state index is 12.4. The molecule has 0 spiro atoms. The number of primary amides is 1. The smallest absolute Gasteiger partial charge is 0.242 e. The number of thioether (sulfide) groups is 2. The highest BCUT2D eigenvalue weighted by Gasteiger charge is 2.39. The van der Waals surface area contributed by atoms with E-state index in [0.717, 1.165) is 5.75 Å². The molecule has 0 aromatic rings. The minimum atomic E-state index is -0.487. The van der Waals surface area contributed by atoms with E-state index in [2.05, 4.69) is 0 Å². The molecular formula is C20H31N3O7S2. The fraction of sp³-hybridized carbons (Fsp3) is 0.750. The third-order valence-corrected chi connectivity index (χ3v) is 7.66. The van der Waals surface area contributed by atoms with E-state index in [-0.39, 0.29) is 87.2 Å². The summed E-state index contributed by atoms with van der Waals surface area (Å²) in [4.78, 5) is 62.0. The van der Waals surface area contributed by atoms with E-state index >= 15 is 0 Å². The van der Waals surface area contributed by atoms with Gasteiger partial charge in [0.25, 0.3) is 0 Å². The van der Waals surface area contributed by atoms with Gasteiger partial charge in [-0.3, -0.25) is 33.8 Å². The summed E-state index contributed by atoms with van der Waals surface area (Å²) >= 11 is 2.75. The molecule has 2 aliphatic rings. The molecule has 2 saturated heterocycles. The Morgan fingerprint density at radius 3 is 1.84 bits per heavy atom. The van der Waals surface area contributed by atoms with Crippen molar-refractivity contribution in [2.75, 3.05) is 51.0 Å². The number of ether oxygens (including phenoxy) is 2. The first-order valence-corrected chi connectivity index (χ1v) is 12.7. The summed E-state index contributed by atoms with van der Waals surface area (Å²) in [6, 6.07) is 0. The SMILES string of the molecule is CCSC1CC(=O)N(CCOCCOCCN2C(=O)CC(SCC(C)C(N)=O)C2=O)C1=O. The number of carbonyl (C=O) groups is 5. The van der Waals surface area contributed by atoms with Gasteiger partial charge in [0, 0.05) is 24.5 Å². The zero-order valence-electron chi connectivity index (χ0n) is 18.4. The van der Waals surface area contributed by atoms with E-state index in [9.17, 15) is 24.0 Å². The first-order chi connectivity index (χ1) is 15.3. The molecule has 2 N–H and O–H groups in total. The minimum Gasteiger partial charge on any atom is -0.377 e. The Labute approximate surface area is 196 Å². The number of imide groups is 2. The lowest BCUT2D eigenvalue weighted by Gasteiger charge is -2.16. The van der Waals surface area contributed by atoms with Crippen molar-refractivity contribution < 1.29 is 33.4 Å². The molecule has 3 unspecified atom stereocenters. The van der Waals surface area contributed by atoms with Gasteiger partial charge in [0.15, 0.2) is 0 Å². The monoisotopic (exact) mass is 489 g/mol. The summed E-state index contributed by atoms with van der Waals surface area (Å²) in [5.41, 5.74) is 5.22. The molecule has 5 amide bonds. The van der Waals surface area contributed by atoms with E-state index in [1.165, 1.54) is 33.3 Å². The van der Waals surface area contributed by atoms with Crippen molar-refractivity contribution in [2.45, 2.75) is 37.2 Å². The standard InChI is InChI=1S/C20H31N3O7S2/c1-3-31-14-10-16(24)22(19(14)27)4-6-29-8-9-30-7-5-23-17(25)11-15(20(23)28)32-12-13(2)18(21)26/h13-15H,3-12H2,1-2H3,(H2,21,26). The van der Waals surface area contributed by atoms with E-state index in [1.54, 1.807) is 6.92 Å². The molecule has 2 rings (SSSR count). The summed E-state index contributed by atoms with van der Waals surface area (Å²) in [6.45, 7) is 4.98. The average molecular weight is 490 g/mol. The van der Waals surface area contributed by atoms with E-state index in [4.69, 9.17) is 15.2 Å². The van der Waals surface area contributed by atoms with Crippen LogP contribution in [0.25, 0.3) is 0 Å². The van der Waals surface area contributed by atoms with Gasteiger partial charge in [-0.05, 0) is 5.75 Å². The number of rotatable bonds is 15. The maximum atomic E-state index is 12.4. The van der Waals surface area contributed by atoms with Crippen molar-refractivity contribution >= 4 is 53.1 Å². The number of hydrogen-bond acceptors (Lipinski definition) is 9. The third kappa shape index (κ3) is 7.46. The molecule has 12 heteroatoms. The highest BCUT2D eigenvalue weighted by molar-refractivity contribution is 8.00. The van der Waals surface area contributed by atoms with Crippen LogP contribution in [-0.2, 0) is 33.4 Å². The quantitative estimate of drug-likeness (QED) is 0.247. The molecule has 2 heterocycles. The van der Waals surface area contributed by atoms with Crippen molar-refractivity contribution in [2.24, 2.45) is 11.7 Å². The lowest BCUT2D eigenvalue weighted by atomic mass is 10.2. The first kappa shape index (κ1) is 26.6. The van der Waals surface area contributed by atoms with E-state index in [0.29, 0.717) is 5.75 Å². The molecule has 0 aromatic carbocycles. The van der Waals surface area contributed by atoms with Crippen LogP contribution in [-0.4, -0.2) is 101 Å². The van der Waals surface area contributed by atoms with Gasteiger partial charge in [0.05, 0.1) is 50.0 Å². The average Bonchev–Trinajstić information content (AvgIpc) is 3.17. The summed E-state index contributed by atoms with van der Waals surface area (Å²) in [6.07, 6.45) is 0.363. The highest BCUT2D eigenvalue weighted by Crippen LogP contribution is 2.27. The van der Waals surface area contributed by atoms with Gasteiger partial charge < -0.3 is 15.2 Å². The zero-order valence-corrected chi connectivity index (χ0v) is 20.1. The molecule has 0 aromatic heterocycles. The maximum Gasteiger partial charge on any atom is 0.242 e. The zero-order chi connectivity index (χ0) is 23.7. The Morgan fingerprint density at radius 2 is 1.41 bits per heavy atom. The summed E-state index contributed by atoms with van der Waals surface area (Å²) in [5.74, 6) is -0.446. The van der Waals surface area contributed by atoms with Gasteiger partial charge in [-0.15, -0.1) is 23.5 Å². The molecule has 0 aliphatic carbocycles. The second-order valence-electron chi connectivity index (χ2n) is 7.47. The Morgan fingerprint density at radius 1 is 0.938 bits per heavy atom. The van der Waals surface area contributed by atoms with Crippen LogP contribution in [0.15, 0.2) is 0 Å². The second kappa shape index (κ2) is 13.2. The number of hydrogen-bond donors (Lipinski definition) is 1. The molecule has 3 atom stereocenters. The largest absolute Gasteiger partial charge is 0.377 e. The Bertz CT molecular complexity index is 721. The molecule has 10 nitrogen and oxygen atoms in total. The van der Waals surface area contributed by atoms with Crippen molar-refractivity contribution in [3.8, 4) is 0 Å². The lowest BCUT2D eigenvalue weighted by molar-refractivity contribution is -0.141. The van der Waals surface area contributed by atoms with Crippen molar-refractivity contribution in [3.05, 3.63) is 0 Å². The lowest BCUT2D eigenvalue weighted by Crippen LogP contribution is -2.35. The van der Waals surface area contributed by atoms with Crippen LogP contribution in [0.2, 0.25) is 0 Å². The van der Waals surface area contributed by atoms with Gasteiger partial charge in [0.1, 0.15) is 0 Å². The molecule has 0 saturated carbocycles. The Kier molecular flexibility index (Phi) is 11.0. The molecule has 0 radical (unpaired) electrons. The second-order valence-corrected chi connectivity index (χ2v) is 10.2. The summed E-state index contributed by atoms with van der Waals surface area (Å²) in [7, 11) is 0. The van der Waals surface area contributed by atoms with Crippen LogP contribution in [0.3, 0.4) is 0 Å². The molecule has 180 valence electrons. The predicted molar refractivity (Wildman–Crippen MR) is 121 cm³/mol. The number of likely N-dealkylation sites (tertiary alicyclic amines) is 2. The Balaban J connectivity index is 1.56. The normalized spacial score (nSPS) is 22.3. The topological polar surface area (TPSA) is 136 Å². The molecule has 2 aliphatic heterocycles. The minimum absolute atomic E-state index is 0.115. The fourth-order valence-electron chi connectivity index (χ4n) is 3.21. The molecule has 32 heavy (non-hydrogen) atoms. The first-order valence-electron chi connectivity index (χ1n) is 10.6. The van der Waals surface area contributed by atoms with Crippen LogP contribution in [0.1, 0.15) is 26.7 Å². The fourth-order valence-corrected chi connectivity index (χ4v) is 5.36. The van der Waals surface area contributed by atoms with Crippen molar-refractivity contribution in [3.63, 3.8) is 0 Å².